The lowest BCUT2D eigenvalue weighted by molar-refractivity contribution is -0.151. The zero-order chi connectivity index (χ0) is 14.7. The highest BCUT2D eigenvalue weighted by atomic mass is 16.6. The summed E-state index contributed by atoms with van der Waals surface area (Å²) in [6, 6.07) is 0. The zero-order valence-corrected chi connectivity index (χ0v) is 12.2. The van der Waals surface area contributed by atoms with Gasteiger partial charge in [-0.2, -0.15) is 0 Å². The van der Waals surface area contributed by atoms with Crippen molar-refractivity contribution >= 4 is 12.1 Å². The first-order valence-corrected chi connectivity index (χ1v) is 6.53. The minimum absolute atomic E-state index is 0.0988. The van der Waals surface area contributed by atoms with Crippen LogP contribution in [0.4, 0.5) is 4.79 Å². The summed E-state index contributed by atoms with van der Waals surface area (Å²) in [4.78, 5) is 25.1. The summed E-state index contributed by atoms with van der Waals surface area (Å²) in [7, 11) is 1.89. The van der Waals surface area contributed by atoms with Gasteiger partial charge < -0.3 is 20.1 Å². The molecule has 1 unspecified atom stereocenters. The predicted molar refractivity (Wildman–Crippen MR) is 71.0 cm³/mol. The second kappa shape index (κ2) is 5.77. The topological polar surface area (TPSA) is 78.9 Å². The molecule has 1 fully saturated rings. The molecule has 0 aromatic heterocycles. The number of amides is 1. The van der Waals surface area contributed by atoms with E-state index in [0.29, 0.717) is 13.0 Å². The zero-order valence-electron chi connectivity index (χ0n) is 12.2. The number of aliphatic carboxylic acids is 1. The van der Waals surface area contributed by atoms with Crippen LogP contribution in [0.1, 0.15) is 33.6 Å². The van der Waals surface area contributed by atoms with E-state index in [-0.39, 0.29) is 6.54 Å². The lowest BCUT2D eigenvalue weighted by Gasteiger charge is -2.38. The minimum atomic E-state index is -0.913. The molecule has 0 radical (unpaired) electrons. The maximum atomic E-state index is 11.6. The Labute approximate surface area is 114 Å². The van der Waals surface area contributed by atoms with Crippen molar-refractivity contribution in [3.8, 4) is 0 Å². The largest absolute Gasteiger partial charge is 0.481 e. The Morgan fingerprint density at radius 1 is 1.42 bits per heavy atom. The molecule has 0 aromatic carbocycles. The second-order valence-electron chi connectivity index (χ2n) is 6.28. The molecule has 0 aromatic rings. The fourth-order valence-corrected chi connectivity index (χ4v) is 2.31. The number of hydrogen-bond acceptors (Lipinski definition) is 4. The van der Waals surface area contributed by atoms with E-state index in [4.69, 9.17) is 4.74 Å². The van der Waals surface area contributed by atoms with Gasteiger partial charge in [0.25, 0.3) is 0 Å². The first kappa shape index (κ1) is 15.8. The van der Waals surface area contributed by atoms with Crippen LogP contribution in [-0.4, -0.2) is 54.4 Å². The highest BCUT2D eigenvalue weighted by Crippen LogP contribution is 2.29. The van der Waals surface area contributed by atoms with E-state index in [1.165, 1.54) is 0 Å². The summed E-state index contributed by atoms with van der Waals surface area (Å²) in [5.74, 6) is -0.866. The molecule has 6 nitrogen and oxygen atoms in total. The summed E-state index contributed by atoms with van der Waals surface area (Å²) in [6.07, 6.45) is 0.822. The van der Waals surface area contributed by atoms with E-state index >= 15 is 0 Å². The summed E-state index contributed by atoms with van der Waals surface area (Å²) in [5.41, 5.74) is -1.49. The molecule has 0 bridgehead atoms. The van der Waals surface area contributed by atoms with Crippen LogP contribution in [0.15, 0.2) is 0 Å². The molecule has 19 heavy (non-hydrogen) atoms. The van der Waals surface area contributed by atoms with Crippen molar-refractivity contribution < 1.29 is 19.4 Å². The van der Waals surface area contributed by atoms with Crippen molar-refractivity contribution in [3.05, 3.63) is 0 Å². The van der Waals surface area contributed by atoms with Gasteiger partial charge in [-0.15, -0.1) is 0 Å². The Hall–Kier alpha value is -1.30. The van der Waals surface area contributed by atoms with E-state index in [1.807, 2.05) is 11.9 Å². The van der Waals surface area contributed by atoms with Gasteiger partial charge in [-0.25, -0.2) is 4.79 Å². The quantitative estimate of drug-likeness (QED) is 0.809. The van der Waals surface area contributed by atoms with Gasteiger partial charge in [-0.1, -0.05) is 0 Å². The Morgan fingerprint density at radius 3 is 2.53 bits per heavy atom. The number of ether oxygens (including phenoxy) is 1. The lowest BCUT2D eigenvalue weighted by atomic mass is 9.80. The first-order valence-electron chi connectivity index (χ1n) is 6.53. The van der Waals surface area contributed by atoms with Crippen LogP contribution in [0, 0.1) is 5.41 Å². The molecule has 1 saturated heterocycles. The minimum Gasteiger partial charge on any atom is -0.481 e. The average molecular weight is 272 g/mol. The van der Waals surface area contributed by atoms with Crippen LogP contribution < -0.4 is 5.32 Å². The van der Waals surface area contributed by atoms with Crippen molar-refractivity contribution in [2.75, 3.05) is 26.7 Å². The monoisotopic (exact) mass is 272 g/mol. The van der Waals surface area contributed by atoms with Gasteiger partial charge in [0.15, 0.2) is 0 Å². The number of hydrogen-bond donors (Lipinski definition) is 2. The third-order valence-electron chi connectivity index (χ3n) is 3.19. The van der Waals surface area contributed by atoms with Crippen molar-refractivity contribution in [1.82, 2.24) is 10.2 Å². The molecular weight excluding hydrogens is 248 g/mol. The Balaban J connectivity index is 2.60. The molecule has 1 aliphatic rings. The third-order valence-corrected chi connectivity index (χ3v) is 3.19. The van der Waals surface area contributed by atoms with Crippen molar-refractivity contribution in [2.24, 2.45) is 5.41 Å². The van der Waals surface area contributed by atoms with Gasteiger partial charge in [0.05, 0.1) is 5.41 Å². The molecule has 1 heterocycles. The van der Waals surface area contributed by atoms with Gasteiger partial charge in [0.2, 0.25) is 0 Å². The Bertz CT molecular complexity index is 351. The van der Waals surface area contributed by atoms with Crippen molar-refractivity contribution in [1.29, 1.82) is 0 Å². The SMILES string of the molecule is CN1CCCC(CNC(=O)OC(C)(C)C)(C(=O)O)C1. The maximum absolute atomic E-state index is 11.6. The van der Waals surface area contributed by atoms with E-state index in [1.54, 1.807) is 20.8 Å². The molecule has 1 amide bonds. The molecule has 0 saturated carbocycles. The lowest BCUT2D eigenvalue weighted by Crippen LogP contribution is -2.53. The van der Waals surface area contributed by atoms with Crippen LogP contribution >= 0.6 is 0 Å². The molecule has 0 spiro atoms. The van der Waals surface area contributed by atoms with Crippen molar-refractivity contribution in [2.45, 2.75) is 39.2 Å². The fraction of sp³-hybridized carbons (Fsp3) is 0.846. The standard InChI is InChI=1S/C13H24N2O4/c1-12(2,3)19-11(18)14-8-13(10(16)17)6-5-7-15(4)9-13/h5-9H2,1-4H3,(H,14,18)(H,16,17). The number of likely N-dealkylation sites (tertiary alicyclic amines) is 1. The number of alkyl carbamates (subject to hydrolysis) is 1. The number of carboxylic acid groups (broad SMARTS) is 1. The van der Waals surface area contributed by atoms with E-state index < -0.39 is 23.1 Å². The van der Waals surface area contributed by atoms with Crippen LogP contribution in [-0.2, 0) is 9.53 Å². The van der Waals surface area contributed by atoms with E-state index in [0.717, 1.165) is 13.0 Å². The van der Waals surface area contributed by atoms with Crippen LogP contribution in [0.5, 0.6) is 0 Å². The maximum Gasteiger partial charge on any atom is 0.407 e. The highest BCUT2D eigenvalue weighted by molar-refractivity contribution is 5.77. The van der Waals surface area contributed by atoms with Crippen LogP contribution in [0.25, 0.3) is 0 Å². The molecule has 110 valence electrons. The first-order chi connectivity index (χ1) is 8.65. The number of carbonyl (C=O) groups excluding carboxylic acids is 1. The van der Waals surface area contributed by atoms with Gasteiger partial charge in [0.1, 0.15) is 5.60 Å². The molecular formula is C13H24N2O4. The average Bonchev–Trinajstić information content (AvgIpc) is 2.24. The number of carboxylic acids is 1. The van der Waals surface area contributed by atoms with E-state index in [2.05, 4.69) is 5.32 Å². The normalized spacial score (nSPS) is 24.8. The van der Waals surface area contributed by atoms with Crippen LogP contribution in [0.2, 0.25) is 0 Å². The summed E-state index contributed by atoms with van der Waals surface area (Å²) < 4.78 is 5.12. The van der Waals surface area contributed by atoms with Gasteiger partial charge in [0, 0.05) is 13.1 Å². The highest BCUT2D eigenvalue weighted by Gasteiger charge is 2.42. The van der Waals surface area contributed by atoms with Gasteiger partial charge >= 0.3 is 12.1 Å². The molecule has 0 aliphatic carbocycles. The van der Waals surface area contributed by atoms with Gasteiger partial charge in [-0.3, -0.25) is 4.79 Å². The summed E-state index contributed by atoms with van der Waals surface area (Å²) in [5, 5.41) is 12.0. The predicted octanol–water partition coefficient (Wildman–Crippen LogP) is 1.31. The summed E-state index contributed by atoms with van der Waals surface area (Å²) in [6.45, 7) is 6.75. The Morgan fingerprint density at radius 2 is 2.05 bits per heavy atom. The van der Waals surface area contributed by atoms with Crippen molar-refractivity contribution in [3.63, 3.8) is 0 Å². The number of piperidine rings is 1. The summed E-state index contributed by atoms with van der Waals surface area (Å²) >= 11 is 0. The number of nitrogens with one attached hydrogen (secondary N) is 1. The third kappa shape index (κ3) is 4.70. The Kier molecular flexibility index (Phi) is 4.79. The smallest absolute Gasteiger partial charge is 0.407 e. The molecule has 1 atom stereocenters. The molecule has 1 rings (SSSR count). The number of rotatable bonds is 3. The molecule has 2 N–H and O–H groups in total. The number of carbonyl (C=O) groups is 2. The van der Waals surface area contributed by atoms with E-state index in [9.17, 15) is 14.7 Å². The second-order valence-corrected chi connectivity index (χ2v) is 6.28. The fourth-order valence-electron chi connectivity index (χ4n) is 2.31. The van der Waals surface area contributed by atoms with Gasteiger partial charge in [-0.05, 0) is 47.2 Å². The molecule has 6 heteroatoms. The van der Waals surface area contributed by atoms with Crippen LogP contribution in [0.3, 0.4) is 0 Å². The molecule has 1 aliphatic heterocycles. The number of nitrogens with zero attached hydrogens (tertiary/aromatic N) is 1.